The predicted octanol–water partition coefficient (Wildman–Crippen LogP) is 3.05. The second kappa shape index (κ2) is 9.14. The van der Waals surface area contributed by atoms with Crippen LogP contribution in [0.2, 0.25) is 0 Å². The lowest BCUT2D eigenvalue weighted by Gasteiger charge is -2.32. The average molecular weight is 484 g/mol. The zero-order valence-electron chi connectivity index (χ0n) is 18.7. The van der Waals surface area contributed by atoms with Gasteiger partial charge in [0.15, 0.2) is 0 Å². The van der Waals surface area contributed by atoms with Crippen LogP contribution in [0.15, 0.2) is 59.8 Å². The Bertz CT molecular complexity index is 1440. The van der Waals surface area contributed by atoms with Gasteiger partial charge in [-0.2, -0.15) is 13.2 Å². The molecule has 1 saturated heterocycles. The third-order valence-electron chi connectivity index (χ3n) is 6.25. The molecule has 4 aromatic rings. The number of imidazole rings is 1. The molecule has 0 bridgehead atoms. The Kier molecular flexibility index (Phi) is 6.01. The van der Waals surface area contributed by atoms with Gasteiger partial charge in [-0.05, 0) is 49.7 Å². The second-order valence-electron chi connectivity index (χ2n) is 8.72. The molecule has 5 rings (SSSR count). The van der Waals surface area contributed by atoms with Crippen molar-refractivity contribution >= 4 is 17.2 Å². The van der Waals surface area contributed by atoms with Crippen LogP contribution in [-0.2, 0) is 13.1 Å². The largest absolute Gasteiger partial charge is 0.391 e. The lowest BCUT2D eigenvalue weighted by Crippen LogP contribution is -2.38. The van der Waals surface area contributed by atoms with E-state index in [9.17, 15) is 22.8 Å². The third kappa shape index (κ3) is 5.04. The highest BCUT2D eigenvalue weighted by molar-refractivity contribution is 5.92. The summed E-state index contributed by atoms with van der Waals surface area (Å²) in [7, 11) is 0. The molecule has 0 aliphatic carbocycles. The molecule has 8 nitrogen and oxygen atoms in total. The molecule has 1 N–H and O–H groups in total. The molecular formula is C24H23F3N6O2. The lowest BCUT2D eigenvalue weighted by molar-refractivity contribution is -0.185. The number of nitrogens with one attached hydrogen (secondary N) is 1. The summed E-state index contributed by atoms with van der Waals surface area (Å²) in [6.07, 6.45) is 1.40. The second-order valence-corrected chi connectivity index (χ2v) is 8.72. The number of hydrogen-bond donors (Lipinski definition) is 1. The summed E-state index contributed by atoms with van der Waals surface area (Å²) in [4.78, 5) is 35.5. The number of halogens is 3. The first-order valence-corrected chi connectivity index (χ1v) is 11.3. The number of amides is 1. The minimum Gasteiger partial charge on any atom is -0.345 e. The minimum absolute atomic E-state index is 0.0292. The fraction of sp³-hybridized carbons (Fsp3) is 0.333. The number of carbonyl (C=O) groups excluding carboxylic acids is 1. The number of likely N-dealkylation sites (tertiary alicyclic amines) is 1. The summed E-state index contributed by atoms with van der Waals surface area (Å²) in [6, 6.07) is 10.0. The maximum absolute atomic E-state index is 12.9. The van der Waals surface area contributed by atoms with Gasteiger partial charge < -0.3 is 9.72 Å². The number of alkyl halides is 3. The highest BCUT2D eigenvalue weighted by atomic mass is 19.4. The molecule has 0 saturated carbocycles. The molecule has 1 aliphatic rings. The van der Waals surface area contributed by atoms with E-state index < -0.39 is 18.0 Å². The Morgan fingerprint density at radius 3 is 2.63 bits per heavy atom. The monoisotopic (exact) mass is 484 g/mol. The first-order chi connectivity index (χ1) is 16.8. The maximum atomic E-state index is 12.9. The molecule has 0 aromatic carbocycles. The number of rotatable bonds is 5. The van der Waals surface area contributed by atoms with Gasteiger partial charge in [0.05, 0.1) is 18.2 Å². The van der Waals surface area contributed by atoms with Crippen LogP contribution < -0.4 is 10.9 Å². The van der Waals surface area contributed by atoms with Gasteiger partial charge in [-0.25, -0.2) is 9.97 Å². The van der Waals surface area contributed by atoms with Crippen molar-refractivity contribution in [2.45, 2.75) is 32.1 Å². The highest BCUT2D eigenvalue weighted by Gasteiger charge is 2.40. The van der Waals surface area contributed by atoms with Crippen LogP contribution in [0.5, 0.6) is 0 Å². The molecule has 1 amide bonds. The van der Waals surface area contributed by atoms with Gasteiger partial charge in [0, 0.05) is 31.2 Å². The van der Waals surface area contributed by atoms with E-state index in [4.69, 9.17) is 0 Å². The quantitative estimate of drug-likeness (QED) is 0.471. The van der Waals surface area contributed by atoms with Crippen molar-refractivity contribution in [3.8, 4) is 0 Å². The first-order valence-electron chi connectivity index (χ1n) is 11.3. The zero-order valence-corrected chi connectivity index (χ0v) is 18.7. The van der Waals surface area contributed by atoms with E-state index in [1.165, 1.54) is 10.5 Å². The summed E-state index contributed by atoms with van der Waals surface area (Å²) in [5, 5.41) is 2.74. The molecule has 182 valence electrons. The topological polar surface area (TPSA) is 84.0 Å². The maximum Gasteiger partial charge on any atom is 0.391 e. The van der Waals surface area contributed by atoms with Crippen LogP contribution in [0, 0.1) is 5.92 Å². The molecule has 35 heavy (non-hydrogen) atoms. The Labute approximate surface area is 198 Å². The number of hydrogen-bond acceptors (Lipinski definition) is 5. The van der Waals surface area contributed by atoms with Crippen molar-refractivity contribution in [3.05, 3.63) is 82.3 Å². The summed E-state index contributed by atoms with van der Waals surface area (Å²) < 4.78 is 41.9. The van der Waals surface area contributed by atoms with E-state index in [2.05, 4.69) is 15.3 Å². The standard InChI is InChI=1S/C24H23F3N6O2/c25-24(26,27)17-6-9-31(10-7-17)13-16-4-5-20-29-18(15-32(20)14-16)12-28-23(35)19-11-22(34)33-8-2-1-3-21(33)30-19/h1-5,8,11,14-15,17H,6-7,9-10,12-13H2,(H,28,35). The van der Waals surface area contributed by atoms with Crippen LogP contribution in [0.25, 0.3) is 11.3 Å². The Morgan fingerprint density at radius 2 is 1.86 bits per heavy atom. The highest BCUT2D eigenvalue weighted by Crippen LogP contribution is 2.34. The summed E-state index contributed by atoms with van der Waals surface area (Å²) in [5.74, 6) is -1.69. The number of aromatic nitrogens is 4. The lowest BCUT2D eigenvalue weighted by atomic mass is 9.96. The van der Waals surface area contributed by atoms with Crippen LogP contribution in [0.1, 0.15) is 34.6 Å². The van der Waals surface area contributed by atoms with Crippen molar-refractivity contribution in [1.29, 1.82) is 0 Å². The van der Waals surface area contributed by atoms with Gasteiger partial charge >= 0.3 is 6.18 Å². The molecule has 5 heterocycles. The normalized spacial score (nSPS) is 15.6. The number of nitrogens with zero attached hydrogens (tertiary/aromatic N) is 5. The van der Waals surface area contributed by atoms with Gasteiger partial charge in [-0.3, -0.25) is 18.9 Å². The smallest absolute Gasteiger partial charge is 0.345 e. The summed E-state index contributed by atoms with van der Waals surface area (Å²) in [6.45, 7) is 1.54. The Morgan fingerprint density at radius 1 is 1.06 bits per heavy atom. The fourth-order valence-corrected chi connectivity index (χ4v) is 4.38. The van der Waals surface area contributed by atoms with Crippen molar-refractivity contribution < 1.29 is 18.0 Å². The molecule has 1 fully saturated rings. The average Bonchev–Trinajstić information content (AvgIpc) is 3.24. The van der Waals surface area contributed by atoms with E-state index in [1.807, 2.05) is 27.6 Å². The SMILES string of the molecule is O=C(NCc1cn2cc(CN3CCC(C(F)(F)F)CC3)ccc2n1)c1cc(=O)n2ccccc2n1. The number of fused-ring (bicyclic) bond motifs is 2. The molecule has 0 spiro atoms. The minimum atomic E-state index is -4.12. The van der Waals surface area contributed by atoms with Gasteiger partial charge in [0.2, 0.25) is 0 Å². The van der Waals surface area contributed by atoms with Crippen LogP contribution in [0.3, 0.4) is 0 Å². The van der Waals surface area contributed by atoms with Crippen molar-refractivity contribution in [2.24, 2.45) is 5.92 Å². The van der Waals surface area contributed by atoms with Crippen LogP contribution in [-0.4, -0.2) is 48.8 Å². The molecule has 0 radical (unpaired) electrons. The van der Waals surface area contributed by atoms with Crippen LogP contribution in [0.4, 0.5) is 13.2 Å². The third-order valence-corrected chi connectivity index (χ3v) is 6.25. The molecule has 4 aromatic heterocycles. The molecule has 11 heteroatoms. The number of pyridine rings is 2. The number of carbonyl (C=O) groups is 1. The van der Waals surface area contributed by atoms with Gasteiger partial charge in [-0.1, -0.05) is 12.1 Å². The van der Waals surface area contributed by atoms with E-state index in [0.29, 0.717) is 36.6 Å². The van der Waals surface area contributed by atoms with Gasteiger partial charge in [-0.15, -0.1) is 0 Å². The van der Waals surface area contributed by atoms with E-state index in [-0.39, 0.29) is 30.6 Å². The molecule has 1 aliphatic heterocycles. The Balaban J connectivity index is 1.22. The van der Waals surface area contributed by atoms with E-state index in [0.717, 1.165) is 5.56 Å². The molecular weight excluding hydrogens is 461 g/mol. The van der Waals surface area contributed by atoms with E-state index in [1.54, 1.807) is 30.6 Å². The van der Waals surface area contributed by atoms with Crippen LogP contribution >= 0.6 is 0 Å². The molecule has 0 unspecified atom stereocenters. The number of piperidine rings is 1. The first kappa shape index (κ1) is 23.0. The van der Waals surface area contributed by atoms with Crippen molar-refractivity contribution in [1.82, 2.24) is 29.0 Å². The van der Waals surface area contributed by atoms with Crippen molar-refractivity contribution in [3.63, 3.8) is 0 Å². The zero-order chi connectivity index (χ0) is 24.6. The summed E-state index contributed by atoms with van der Waals surface area (Å²) in [5.41, 5.74) is 2.35. The predicted molar refractivity (Wildman–Crippen MR) is 122 cm³/mol. The van der Waals surface area contributed by atoms with Gasteiger partial charge in [0.1, 0.15) is 17.0 Å². The van der Waals surface area contributed by atoms with Gasteiger partial charge in [0.25, 0.3) is 11.5 Å². The fourth-order valence-electron chi connectivity index (χ4n) is 4.38. The summed E-state index contributed by atoms with van der Waals surface area (Å²) >= 11 is 0. The van der Waals surface area contributed by atoms with E-state index >= 15 is 0 Å². The van der Waals surface area contributed by atoms with Crippen molar-refractivity contribution in [2.75, 3.05) is 13.1 Å². The Hall–Kier alpha value is -3.73. The molecule has 0 atom stereocenters.